The van der Waals surface area contributed by atoms with Crippen molar-refractivity contribution in [3.05, 3.63) is 52.3 Å². The molecule has 0 radical (unpaired) electrons. The quantitative estimate of drug-likeness (QED) is 0.680. The fourth-order valence-corrected chi connectivity index (χ4v) is 2.32. The maximum atomic E-state index is 12.2. The first-order valence-corrected chi connectivity index (χ1v) is 7.22. The molecule has 1 fully saturated rings. The number of carbonyl (C=O) groups excluding carboxylic acids is 1. The maximum Gasteiger partial charge on any atom is 0.439 e. The van der Waals surface area contributed by atoms with Crippen LogP contribution >= 0.6 is 0 Å². The smallest absolute Gasteiger partial charge is 0.321 e. The zero-order valence-electron chi connectivity index (χ0n) is 12.0. The Morgan fingerprint density at radius 2 is 2.04 bits per heavy atom. The number of nitrogens with one attached hydrogen (secondary N) is 3. The molecule has 0 atom stereocenters. The summed E-state index contributed by atoms with van der Waals surface area (Å²) in [5.41, 5.74) is 2.70. The van der Waals surface area contributed by atoms with E-state index in [1.807, 2.05) is 0 Å². The van der Waals surface area contributed by atoms with Crippen LogP contribution in [0.15, 0.2) is 39.6 Å². The predicted molar refractivity (Wildman–Crippen MR) is 81.1 cm³/mol. The summed E-state index contributed by atoms with van der Waals surface area (Å²) >= 11 is 0. The Bertz CT molecular complexity index is 902. The molecule has 1 aliphatic carbocycles. The number of aromatic amines is 2. The van der Waals surface area contributed by atoms with Crippen LogP contribution in [0.3, 0.4) is 0 Å². The van der Waals surface area contributed by atoms with Crippen LogP contribution in [0.25, 0.3) is 11.4 Å². The van der Waals surface area contributed by atoms with Gasteiger partial charge in [0.15, 0.2) is 11.5 Å². The van der Waals surface area contributed by atoms with Gasteiger partial charge >= 0.3 is 5.76 Å². The number of rotatable bonds is 4. The van der Waals surface area contributed by atoms with E-state index in [0.717, 1.165) is 18.5 Å². The van der Waals surface area contributed by atoms with Crippen LogP contribution in [0.4, 0.5) is 5.69 Å². The third kappa shape index (κ3) is 2.78. The lowest BCUT2D eigenvalue weighted by Crippen LogP contribution is -2.12. The number of amides is 1. The van der Waals surface area contributed by atoms with Gasteiger partial charge in [-0.05, 0) is 43.2 Å². The molecule has 8 nitrogen and oxygen atoms in total. The Hall–Kier alpha value is -3.16. The number of H-pyrrole nitrogens is 2. The van der Waals surface area contributed by atoms with Crippen molar-refractivity contribution in [3.8, 4) is 11.4 Å². The highest BCUT2D eigenvalue weighted by molar-refractivity contribution is 6.03. The molecule has 3 aromatic rings. The number of hydrogen-bond acceptors (Lipinski definition) is 5. The van der Waals surface area contributed by atoms with Gasteiger partial charge in [-0.3, -0.25) is 19.4 Å². The van der Waals surface area contributed by atoms with Gasteiger partial charge in [0, 0.05) is 22.9 Å². The second kappa shape index (κ2) is 5.24. The molecule has 1 aromatic carbocycles. The molecule has 1 saturated carbocycles. The van der Waals surface area contributed by atoms with Gasteiger partial charge < -0.3 is 5.32 Å². The first kappa shape index (κ1) is 13.5. The van der Waals surface area contributed by atoms with Crippen LogP contribution in [-0.4, -0.2) is 26.2 Å². The number of aromatic nitrogens is 4. The first-order valence-electron chi connectivity index (χ1n) is 7.22. The van der Waals surface area contributed by atoms with Gasteiger partial charge in [-0.15, -0.1) is 0 Å². The normalized spacial score (nSPS) is 13.9. The summed E-state index contributed by atoms with van der Waals surface area (Å²) in [5.74, 6) is -0.0136. The summed E-state index contributed by atoms with van der Waals surface area (Å²) in [4.78, 5) is 25.6. The van der Waals surface area contributed by atoms with Crippen LogP contribution in [0.2, 0.25) is 0 Å². The fourth-order valence-electron chi connectivity index (χ4n) is 2.32. The SMILES string of the molecule is O=C(Nc1ccc(-c2noc(=O)[nH]2)cc1)c1cc(C2CC2)[nH]n1. The third-order valence-corrected chi connectivity index (χ3v) is 3.70. The summed E-state index contributed by atoms with van der Waals surface area (Å²) in [5, 5.41) is 13.3. The van der Waals surface area contributed by atoms with Gasteiger partial charge in [0.05, 0.1) is 0 Å². The molecular formula is C15H13N5O3. The Balaban J connectivity index is 1.47. The molecule has 3 N–H and O–H groups in total. The first-order chi connectivity index (χ1) is 11.2. The van der Waals surface area contributed by atoms with Crippen LogP contribution in [0.1, 0.15) is 34.9 Å². The highest BCUT2D eigenvalue weighted by Crippen LogP contribution is 2.39. The molecule has 0 unspecified atom stereocenters. The Kier molecular flexibility index (Phi) is 3.07. The van der Waals surface area contributed by atoms with E-state index in [9.17, 15) is 9.59 Å². The van der Waals surface area contributed by atoms with Gasteiger partial charge in [0.1, 0.15) is 0 Å². The van der Waals surface area contributed by atoms with E-state index in [4.69, 9.17) is 0 Å². The number of anilines is 1. The van der Waals surface area contributed by atoms with Crippen LogP contribution in [0, 0.1) is 0 Å². The Labute approximate surface area is 129 Å². The van der Waals surface area contributed by atoms with Crippen molar-refractivity contribution in [1.82, 2.24) is 20.3 Å². The van der Waals surface area contributed by atoms with E-state index in [0.29, 0.717) is 28.7 Å². The van der Waals surface area contributed by atoms with E-state index in [2.05, 4.69) is 30.2 Å². The minimum absolute atomic E-state index is 0.268. The lowest BCUT2D eigenvalue weighted by molar-refractivity contribution is 0.102. The Morgan fingerprint density at radius 1 is 1.26 bits per heavy atom. The highest BCUT2D eigenvalue weighted by Gasteiger charge is 2.26. The molecule has 4 rings (SSSR count). The zero-order chi connectivity index (χ0) is 15.8. The van der Waals surface area contributed by atoms with Crippen LogP contribution < -0.4 is 11.1 Å². The zero-order valence-corrected chi connectivity index (χ0v) is 12.0. The average molecular weight is 311 g/mol. The van der Waals surface area contributed by atoms with E-state index in [1.165, 1.54) is 0 Å². The largest absolute Gasteiger partial charge is 0.439 e. The summed E-state index contributed by atoms with van der Waals surface area (Å²) < 4.78 is 4.46. The minimum Gasteiger partial charge on any atom is -0.321 e. The summed E-state index contributed by atoms with van der Waals surface area (Å²) in [6.07, 6.45) is 2.30. The van der Waals surface area contributed by atoms with Gasteiger partial charge in [0.2, 0.25) is 0 Å². The average Bonchev–Trinajstić information content (AvgIpc) is 3.12. The number of benzene rings is 1. The van der Waals surface area contributed by atoms with Crippen molar-refractivity contribution in [2.24, 2.45) is 0 Å². The van der Waals surface area contributed by atoms with Crippen molar-refractivity contribution in [3.63, 3.8) is 0 Å². The van der Waals surface area contributed by atoms with E-state index < -0.39 is 5.76 Å². The van der Waals surface area contributed by atoms with Crippen molar-refractivity contribution in [1.29, 1.82) is 0 Å². The molecule has 8 heteroatoms. The molecule has 2 aromatic heterocycles. The maximum absolute atomic E-state index is 12.2. The molecule has 0 spiro atoms. The fraction of sp³-hybridized carbons (Fsp3) is 0.200. The third-order valence-electron chi connectivity index (χ3n) is 3.70. The standard InChI is InChI=1S/C15H13N5O3/c21-14(12-7-11(18-19-12)8-1-2-8)16-10-5-3-9(4-6-10)13-17-15(22)23-20-13/h3-8H,1-2H2,(H,16,21)(H,18,19)(H,17,20,22). The van der Waals surface area contributed by atoms with Crippen molar-refractivity contribution in [2.45, 2.75) is 18.8 Å². The number of nitrogens with zero attached hydrogens (tertiary/aromatic N) is 2. The topological polar surface area (TPSA) is 117 Å². The Morgan fingerprint density at radius 3 is 2.70 bits per heavy atom. The summed E-state index contributed by atoms with van der Waals surface area (Å²) in [6.45, 7) is 0. The van der Waals surface area contributed by atoms with E-state index >= 15 is 0 Å². The lowest BCUT2D eigenvalue weighted by atomic mass is 10.2. The number of hydrogen-bond donors (Lipinski definition) is 3. The molecule has 2 heterocycles. The molecule has 0 bridgehead atoms. The minimum atomic E-state index is -0.609. The summed E-state index contributed by atoms with van der Waals surface area (Å²) in [7, 11) is 0. The van der Waals surface area contributed by atoms with Crippen molar-refractivity contribution < 1.29 is 9.32 Å². The molecule has 0 aliphatic heterocycles. The monoisotopic (exact) mass is 311 g/mol. The summed E-state index contributed by atoms with van der Waals surface area (Å²) in [6, 6.07) is 8.68. The highest BCUT2D eigenvalue weighted by atomic mass is 16.5. The van der Waals surface area contributed by atoms with Crippen molar-refractivity contribution in [2.75, 3.05) is 5.32 Å². The molecule has 116 valence electrons. The van der Waals surface area contributed by atoms with Gasteiger partial charge in [-0.1, -0.05) is 5.16 Å². The van der Waals surface area contributed by atoms with Crippen molar-refractivity contribution >= 4 is 11.6 Å². The molecular weight excluding hydrogens is 298 g/mol. The van der Waals surface area contributed by atoms with Gasteiger partial charge in [-0.2, -0.15) is 5.10 Å². The van der Waals surface area contributed by atoms with Gasteiger partial charge in [-0.25, -0.2) is 4.79 Å². The second-order valence-electron chi connectivity index (χ2n) is 5.46. The second-order valence-corrected chi connectivity index (χ2v) is 5.46. The van der Waals surface area contributed by atoms with Gasteiger partial charge in [0.25, 0.3) is 5.91 Å². The molecule has 23 heavy (non-hydrogen) atoms. The molecule has 1 aliphatic rings. The molecule has 1 amide bonds. The molecule has 0 saturated heterocycles. The predicted octanol–water partition coefficient (Wildman–Crippen LogP) is 1.88. The lowest BCUT2D eigenvalue weighted by Gasteiger charge is -2.03. The van der Waals surface area contributed by atoms with Crippen LogP contribution in [-0.2, 0) is 0 Å². The van der Waals surface area contributed by atoms with E-state index in [-0.39, 0.29) is 5.91 Å². The van der Waals surface area contributed by atoms with E-state index in [1.54, 1.807) is 30.3 Å². The number of carbonyl (C=O) groups is 1. The van der Waals surface area contributed by atoms with Crippen LogP contribution in [0.5, 0.6) is 0 Å².